The number of esters is 2. The molecule has 52 heavy (non-hydrogen) atoms. The lowest BCUT2D eigenvalue weighted by atomic mass is 9.56. The highest BCUT2D eigenvalue weighted by molar-refractivity contribution is 5.87. The van der Waals surface area contributed by atoms with Crippen molar-refractivity contribution in [1.29, 1.82) is 0 Å². The maximum absolute atomic E-state index is 15.3. The lowest BCUT2D eigenvalue weighted by molar-refractivity contribution is -0.530. The largest absolute Gasteiger partial charge is 0.527 e. The van der Waals surface area contributed by atoms with Crippen molar-refractivity contribution in [2.75, 3.05) is 6.61 Å². The molecule has 2 aliphatic carbocycles. The van der Waals surface area contributed by atoms with Gasteiger partial charge in [-0.3, -0.25) is 9.59 Å². The molecule has 0 heterocycles. The molecular weight excluding hydrogens is 778 g/mol. The molecule has 7 nitrogen and oxygen atoms in total. The van der Waals surface area contributed by atoms with Crippen LogP contribution in [0.3, 0.4) is 0 Å². The normalized spacial score (nSPS) is 25.9. The summed E-state index contributed by atoms with van der Waals surface area (Å²) in [6.45, 7) is 1.14. The van der Waals surface area contributed by atoms with Gasteiger partial charge in [0.15, 0.2) is 12.0 Å². The van der Waals surface area contributed by atoms with Gasteiger partial charge in [-0.05, 0) is 69.6 Å². The molecule has 0 radical (unpaired) electrons. The van der Waals surface area contributed by atoms with Crippen LogP contribution in [0.15, 0.2) is 0 Å². The summed E-state index contributed by atoms with van der Waals surface area (Å²) in [5.41, 5.74) is -11.4. The maximum Gasteiger partial charge on any atom is 0.527 e. The maximum atomic E-state index is 15.3. The number of halogens is 18. The first-order valence-electron chi connectivity index (χ1n) is 14.6. The summed E-state index contributed by atoms with van der Waals surface area (Å²) in [4.78, 5) is 26.5. The predicted molar refractivity (Wildman–Crippen MR) is 132 cm³/mol. The Bertz CT molecular complexity index is 1280. The summed E-state index contributed by atoms with van der Waals surface area (Å²) in [5.74, 6) is -16.9. The first kappa shape index (κ1) is 45.7. The van der Waals surface area contributed by atoms with Crippen LogP contribution in [0.4, 0.5) is 79.0 Å². The molecule has 0 amide bonds. The Labute approximate surface area is 281 Å². The fourth-order valence-electron chi connectivity index (χ4n) is 7.09. The van der Waals surface area contributed by atoms with Gasteiger partial charge in [-0.2, -0.15) is 65.9 Å². The lowest BCUT2D eigenvalue weighted by Gasteiger charge is -2.49. The first-order chi connectivity index (χ1) is 22.7. The standard InChI is InChI=1S/C27H30F18O7/c1-10-14-7-12(6-13(14)8-19(48,22(30,31)32)23(33,34)35)15(10)21(24(36,37)38,17(47)50-18(3,4)5)11(2)16(46)49-9-20(28,29)51-25(39,40)26(41,42)52-27(43,44)45/h10-15,48H,6-9H2,1-5H3. The van der Waals surface area contributed by atoms with Gasteiger partial charge in [0.2, 0.25) is 0 Å². The summed E-state index contributed by atoms with van der Waals surface area (Å²) >= 11 is 0. The Morgan fingerprint density at radius 1 is 0.731 bits per heavy atom. The number of carbonyl (C=O) groups is 2. The predicted octanol–water partition coefficient (Wildman–Crippen LogP) is 8.54. The van der Waals surface area contributed by atoms with Gasteiger partial charge in [0.05, 0.1) is 5.92 Å². The van der Waals surface area contributed by atoms with E-state index >= 15 is 13.2 Å². The third-order valence-corrected chi connectivity index (χ3v) is 9.04. The number of fused-ring (bicyclic) bond motifs is 2. The molecule has 2 rings (SSSR count). The molecule has 0 saturated heterocycles. The number of aliphatic hydroxyl groups is 1. The van der Waals surface area contributed by atoms with Crippen LogP contribution in [0.25, 0.3) is 0 Å². The van der Waals surface area contributed by atoms with E-state index in [1.807, 2.05) is 0 Å². The number of alkyl halides is 18. The first-order valence-corrected chi connectivity index (χ1v) is 14.6. The molecule has 7 unspecified atom stereocenters. The lowest BCUT2D eigenvalue weighted by Crippen LogP contribution is -2.62. The van der Waals surface area contributed by atoms with Gasteiger partial charge < -0.3 is 14.6 Å². The minimum atomic E-state index is -6.85. The summed E-state index contributed by atoms with van der Waals surface area (Å²) in [7, 11) is 0. The fourth-order valence-corrected chi connectivity index (χ4v) is 7.09. The van der Waals surface area contributed by atoms with Crippen molar-refractivity contribution in [2.24, 2.45) is 40.9 Å². The Morgan fingerprint density at radius 3 is 1.58 bits per heavy atom. The summed E-state index contributed by atoms with van der Waals surface area (Å²) in [6, 6.07) is 0. The number of ether oxygens (including phenoxy) is 4. The molecule has 0 spiro atoms. The average Bonchev–Trinajstić information content (AvgIpc) is 3.40. The number of carbonyl (C=O) groups excluding carboxylic acids is 2. The van der Waals surface area contributed by atoms with Crippen molar-refractivity contribution in [3.8, 4) is 0 Å². The number of rotatable bonds is 12. The molecule has 7 atom stereocenters. The van der Waals surface area contributed by atoms with Gasteiger partial charge in [0.1, 0.15) is 5.60 Å². The average molecular weight is 808 g/mol. The van der Waals surface area contributed by atoms with E-state index in [0.717, 1.165) is 27.7 Å². The fraction of sp³-hybridized carbons (Fsp3) is 0.926. The molecule has 1 N–H and O–H groups in total. The number of hydrogen-bond donors (Lipinski definition) is 1. The second kappa shape index (κ2) is 13.7. The summed E-state index contributed by atoms with van der Waals surface area (Å²) in [5, 5.41) is 9.70. The van der Waals surface area contributed by atoms with Crippen LogP contribution in [0, 0.1) is 40.9 Å². The van der Waals surface area contributed by atoms with Crippen molar-refractivity contribution < 1.29 is 113 Å². The molecule has 0 aliphatic heterocycles. The third kappa shape index (κ3) is 8.91. The van der Waals surface area contributed by atoms with Crippen LogP contribution in [-0.4, -0.2) is 78.1 Å². The zero-order valence-electron chi connectivity index (χ0n) is 27.0. The zero-order chi connectivity index (χ0) is 41.3. The van der Waals surface area contributed by atoms with Crippen molar-refractivity contribution in [1.82, 2.24) is 0 Å². The molecule has 2 saturated carbocycles. The molecule has 306 valence electrons. The molecule has 2 bridgehead atoms. The third-order valence-electron chi connectivity index (χ3n) is 9.04. The van der Waals surface area contributed by atoms with E-state index in [1.165, 1.54) is 0 Å². The smallest absolute Gasteiger partial charge is 0.459 e. The van der Waals surface area contributed by atoms with Crippen molar-refractivity contribution >= 4 is 11.9 Å². The Hall–Kier alpha value is -2.44. The quantitative estimate of drug-likeness (QED) is 0.156. The van der Waals surface area contributed by atoms with E-state index in [9.17, 15) is 80.6 Å². The van der Waals surface area contributed by atoms with Gasteiger partial charge in [-0.25, -0.2) is 9.47 Å². The van der Waals surface area contributed by atoms with Crippen molar-refractivity contribution in [3.63, 3.8) is 0 Å². The molecule has 0 aromatic rings. The summed E-state index contributed by atoms with van der Waals surface area (Å²) in [6.07, 6.45) is -48.4. The zero-order valence-corrected chi connectivity index (χ0v) is 27.0. The minimum absolute atomic E-state index is 0.223. The van der Waals surface area contributed by atoms with Crippen LogP contribution in [-0.2, 0) is 28.5 Å². The molecule has 2 fully saturated rings. The number of hydrogen-bond acceptors (Lipinski definition) is 7. The Kier molecular flexibility index (Phi) is 12.0. The summed E-state index contributed by atoms with van der Waals surface area (Å²) < 4.78 is 257. The van der Waals surface area contributed by atoms with Crippen LogP contribution >= 0.6 is 0 Å². The van der Waals surface area contributed by atoms with Gasteiger partial charge >= 0.3 is 55.2 Å². The van der Waals surface area contributed by atoms with Gasteiger partial charge in [0.25, 0.3) is 5.60 Å². The van der Waals surface area contributed by atoms with E-state index in [4.69, 9.17) is 4.74 Å². The van der Waals surface area contributed by atoms with Crippen LogP contribution in [0.5, 0.6) is 0 Å². The molecule has 25 heteroatoms. The highest BCUT2D eigenvalue weighted by Crippen LogP contribution is 2.68. The van der Waals surface area contributed by atoms with E-state index in [-0.39, 0.29) is 6.92 Å². The molecule has 2 aliphatic rings. The monoisotopic (exact) mass is 808 g/mol. The minimum Gasteiger partial charge on any atom is -0.459 e. The van der Waals surface area contributed by atoms with Crippen molar-refractivity contribution in [3.05, 3.63) is 0 Å². The van der Waals surface area contributed by atoms with Crippen LogP contribution in [0.1, 0.15) is 53.9 Å². The topological polar surface area (TPSA) is 91.3 Å². The van der Waals surface area contributed by atoms with Gasteiger partial charge in [0, 0.05) is 0 Å². The SMILES string of the molecule is CC1C2CC(CC2CC(O)(C(F)(F)F)C(F)(F)F)C1C(C(=O)OC(C)(C)C)(C(C)C(=O)OCC(F)(F)OC(F)(F)C(F)(F)OC(F)(F)F)C(F)(F)F. The van der Waals surface area contributed by atoms with E-state index in [2.05, 4.69) is 9.47 Å². The molecular formula is C27H30F18O7. The highest BCUT2D eigenvalue weighted by Gasteiger charge is 2.77. The van der Waals surface area contributed by atoms with Crippen molar-refractivity contribution in [2.45, 2.75) is 108 Å². The van der Waals surface area contributed by atoms with Gasteiger partial charge in [-0.15, -0.1) is 13.2 Å². The Morgan fingerprint density at radius 2 is 1.19 bits per heavy atom. The molecule has 0 aromatic heterocycles. The highest BCUT2D eigenvalue weighted by atomic mass is 19.4. The van der Waals surface area contributed by atoms with Gasteiger partial charge in [-0.1, -0.05) is 13.8 Å². The van der Waals surface area contributed by atoms with E-state index < -0.39 is 133 Å². The molecule has 0 aromatic carbocycles. The van der Waals surface area contributed by atoms with E-state index in [1.54, 1.807) is 4.74 Å². The second-order valence-electron chi connectivity index (χ2n) is 13.6. The Balaban J connectivity index is 2.54. The van der Waals surface area contributed by atoms with Crippen LogP contribution in [0.2, 0.25) is 0 Å². The van der Waals surface area contributed by atoms with E-state index in [0.29, 0.717) is 0 Å². The second-order valence-corrected chi connectivity index (χ2v) is 13.6. The van der Waals surface area contributed by atoms with Crippen LogP contribution < -0.4 is 0 Å².